The highest BCUT2D eigenvalue weighted by Gasteiger charge is 2.35. The molecule has 0 spiro atoms. The zero-order chi connectivity index (χ0) is 33.3. The molecule has 0 unspecified atom stereocenters. The average Bonchev–Trinajstić information content (AvgIpc) is 3.04. The second-order valence-corrected chi connectivity index (χ2v) is 13.3. The molecule has 0 heterocycles. The van der Waals surface area contributed by atoms with Gasteiger partial charge in [0.2, 0.25) is 11.8 Å². The maximum atomic E-state index is 14.5. The molecule has 1 N–H and O–H groups in total. The summed E-state index contributed by atoms with van der Waals surface area (Å²) in [4.78, 5) is 29.5. The van der Waals surface area contributed by atoms with Crippen molar-refractivity contribution in [3.05, 3.63) is 124 Å². The fourth-order valence-corrected chi connectivity index (χ4v) is 6.87. The first kappa shape index (κ1) is 34.8. The molecule has 0 aromatic heterocycles. The minimum Gasteiger partial charge on any atom is -0.494 e. The lowest BCUT2D eigenvalue weighted by atomic mass is 10.0. The smallest absolute Gasteiger partial charge is 0.264 e. The van der Waals surface area contributed by atoms with Crippen LogP contribution in [0.5, 0.6) is 5.75 Å². The summed E-state index contributed by atoms with van der Waals surface area (Å²) >= 11 is 13.1. The first-order valence-electron chi connectivity index (χ1n) is 14.9. The third-order valence-corrected chi connectivity index (χ3v) is 9.83. The molecule has 0 saturated carbocycles. The van der Waals surface area contributed by atoms with Crippen molar-refractivity contribution < 1.29 is 22.7 Å². The minimum absolute atomic E-state index is 0.0186. The number of halogens is 2. The van der Waals surface area contributed by atoms with Gasteiger partial charge in [0.25, 0.3) is 10.0 Å². The number of likely N-dealkylation sites (N-methyl/N-ethyl adjacent to an activating group) is 1. The van der Waals surface area contributed by atoms with Crippen molar-refractivity contribution in [2.24, 2.45) is 0 Å². The van der Waals surface area contributed by atoms with Gasteiger partial charge in [-0.3, -0.25) is 13.9 Å². The molecule has 11 heteroatoms. The van der Waals surface area contributed by atoms with Crippen LogP contribution in [-0.4, -0.2) is 50.9 Å². The Morgan fingerprint density at radius 3 is 2.07 bits per heavy atom. The van der Waals surface area contributed by atoms with Crippen molar-refractivity contribution in [2.75, 3.05) is 24.0 Å². The van der Waals surface area contributed by atoms with E-state index in [0.717, 1.165) is 15.4 Å². The molecule has 0 aliphatic heterocycles. The maximum Gasteiger partial charge on any atom is 0.264 e. The quantitative estimate of drug-likeness (QED) is 0.160. The van der Waals surface area contributed by atoms with Gasteiger partial charge in [-0.1, -0.05) is 77.3 Å². The first-order chi connectivity index (χ1) is 22.0. The largest absolute Gasteiger partial charge is 0.494 e. The molecule has 0 radical (unpaired) electrons. The van der Waals surface area contributed by atoms with Gasteiger partial charge in [-0.2, -0.15) is 0 Å². The number of anilines is 1. The van der Waals surface area contributed by atoms with Crippen LogP contribution in [0.1, 0.15) is 30.5 Å². The number of aryl methyl sites for hydroxylation is 1. The highest BCUT2D eigenvalue weighted by molar-refractivity contribution is 7.92. The van der Waals surface area contributed by atoms with E-state index in [-0.39, 0.29) is 23.5 Å². The number of nitrogens with zero attached hydrogens (tertiary/aromatic N) is 2. The lowest BCUT2D eigenvalue weighted by molar-refractivity contribution is -0.140. The Labute approximate surface area is 280 Å². The maximum absolute atomic E-state index is 14.5. The molecule has 0 fully saturated rings. The lowest BCUT2D eigenvalue weighted by Crippen LogP contribution is -2.53. The van der Waals surface area contributed by atoms with Crippen molar-refractivity contribution in [3.8, 4) is 5.75 Å². The van der Waals surface area contributed by atoms with Gasteiger partial charge >= 0.3 is 0 Å². The van der Waals surface area contributed by atoms with E-state index in [0.29, 0.717) is 34.5 Å². The van der Waals surface area contributed by atoms with Gasteiger partial charge < -0.3 is 15.0 Å². The highest BCUT2D eigenvalue weighted by atomic mass is 35.5. The number of amides is 2. The van der Waals surface area contributed by atoms with Gasteiger partial charge in [0.1, 0.15) is 18.3 Å². The van der Waals surface area contributed by atoms with E-state index in [9.17, 15) is 18.0 Å². The zero-order valence-corrected chi connectivity index (χ0v) is 28.3. The van der Waals surface area contributed by atoms with Crippen molar-refractivity contribution in [1.29, 1.82) is 0 Å². The predicted molar refractivity (Wildman–Crippen MR) is 183 cm³/mol. The van der Waals surface area contributed by atoms with Gasteiger partial charge in [-0.25, -0.2) is 8.42 Å². The molecule has 2 amide bonds. The summed E-state index contributed by atoms with van der Waals surface area (Å²) < 4.78 is 35.0. The number of hydrogen-bond donors (Lipinski definition) is 1. The molecule has 8 nitrogen and oxygen atoms in total. The Kier molecular flexibility index (Phi) is 12.1. The molecule has 0 aliphatic carbocycles. The number of nitrogens with one attached hydrogen (secondary N) is 1. The van der Waals surface area contributed by atoms with E-state index in [4.69, 9.17) is 27.9 Å². The molecular formula is C35H37Cl2N3O5S. The minimum atomic E-state index is -4.24. The summed E-state index contributed by atoms with van der Waals surface area (Å²) in [6, 6.07) is 26.2. The Morgan fingerprint density at radius 2 is 1.48 bits per heavy atom. The van der Waals surface area contributed by atoms with Crippen LogP contribution < -0.4 is 14.4 Å². The van der Waals surface area contributed by atoms with Gasteiger partial charge in [-0.15, -0.1) is 0 Å². The third kappa shape index (κ3) is 8.60. The summed E-state index contributed by atoms with van der Waals surface area (Å²) in [6.45, 7) is 5.53. The lowest BCUT2D eigenvalue weighted by Gasteiger charge is -2.34. The van der Waals surface area contributed by atoms with Crippen molar-refractivity contribution >= 4 is 50.7 Å². The van der Waals surface area contributed by atoms with Crippen LogP contribution in [0.2, 0.25) is 10.0 Å². The van der Waals surface area contributed by atoms with E-state index < -0.39 is 34.4 Å². The fraction of sp³-hybridized carbons (Fsp3) is 0.257. The van der Waals surface area contributed by atoms with Crippen LogP contribution in [0.3, 0.4) is 0 Å². The molecule has 4 aromatic carbocycles. The molecule has 0 bridgehead atoms. The van der Waals surface area contributed by atoms with Crippen LogP contribution in [0.15, 0.2) is 102 Å². The Morgan fingerprint density at radius 1 is 0.848 bits per heavy atom. The number of hydrogen-bond acceptors (Lipinski definition) is 5. The van der Waals surface area contributed by atoms with E-state index in [2.05, 4.69) is 5.32 Å². The predicted octanol–water partition coefficient (Wildman–Crippen LogP) is 6.67. The normalized spacial score (nSPS) is 11.8. The number of sulfonamides is 1. The molecular weight excluding hydrogens is 645 g/mol. The average molecular weight is 683 g/mol. The van der Waals surface area contributed by atoms with Gasteiger partial charge in [-0.05, 0) is 74.9 Å². The Hall–Kier alpha value is -4.05. The molecule has 1 atom stereocenters. The molecule has 46 heavy (non-hydrogen) atoms. The fourth-order valence-electron chi connectivity index (χ4n) is 4.94. The van der Waals surface area contributed by atoms with Crippen molar-refractivity contribution in [3.63, 3.8) is 0 Å². The molecule has 0 aliphatic rings. The van der Waals surface area contributed by atoms with Crippen LogP contribution in [-0.2, 0) is 32.6 Å². The molecule has 0 saturated heterocycles. The van der Waals surface area contributed by atoms with E-state index in [1.54, 1.807) is 61.5 Å². The summed E-state index contributed by atoms with van der Waals surface area (Å²) in [7, 11) is -4.24. The van der Waals surface area contributed by atoms with Gasteiger partial charge in [0, 0.05) is 35.1 Å². The number of carbonyl (C=O) groups excluding carboxylic acids is 2. The summed E-state index contributed by atoms with van der Waals surface area (Å²) in [5.41, 5.74) is 2.40. The Bertz CT molecular complexity index is 1710. The number of rotatable bonds is 14. The number of benzene rings is 4. The molecule has 4 aromatic rings. The molecule has 4 rings (SSSR count). The number of carbonyl (C=O) groups is 2. The van der Waals surface area contributed by atoms with E-state index >= 15 is 0 Å². The summed E-state index contributed by atoms with van der Waals surface area (Å²) in [5, 5.41) is 3.47. The van der Waals surface area contributed by atoms with Crippen LogP contribution in [0, 0.1) is 6.92 Å². The molecule has 242 valence electrons. The second-order valence-electron chi connectivity index (χ2n) is 10.6. The summed E-state index contributed by atoms with van der Waals surface area (Å²) in [6.07, 6.45) is 0.175. The van der Waals surface area contributed by atoms with Crippen LogP contribution in [0.25, 0.3) is 0 Å². The zero-order valence-electron chi connectivity index (χ0n) is 26.0. The third-order valence-electron chi connectivity index (χ3n) is 7.34. The van der Waals surface area contributed by atoms with Crippen molar-refractivity contribution in [1.82, 2.24) is 10.2 Å². The number of ether oxygens (including phenoxy) is 1. The summed E-state index contributed by atoms with van der Waals surface area (Å²) in [5.74, 6) is -0.455. The Balaban J connectivity index is 1.82. The first-order valence-corrected chi connectivity index (χ1v) is 17.1. The van der Waals surface area contributed by atoms with E-state index in [1.807, 2.05) is 44.2 Å². The second kappa shape index (κ2) is 16.0. The highest BCUT2D eigenvalue weighted by Crippen LogP contribution is 2.30. The van der Waals surface area contributed by atoms with Crippen molar-refractivity contribution in [2.45, 2.75) is 44.7 Å². The monoisotopic (exact) mass is 681 g/mol. The SMILES string of the molecule is CCNC(=O)[C@H](Cc1ccccc1)N(Cc1c(Cl)cccc1Cl)C(=O)CN(c1ccc(OCC)cc1)S(=O)(=O)c1ccc(C)cc1. The van der Waals surface area contributed by atoms with Crippen LogP contribution in [0.4, 0.5) is 5.69 Å². The van der Waals surface area contributed by atoms with Crippen LogP contribution >= 0.6 is 23.2 Å². The van der Waals surface area contributed by atoms with Gasteiger partial charge in [0.05, 0.1) is 17.2 Å². The van der Waals surface area contributed by atoms with Gasteiger partial charge in [0.15, 0.2) is 0 Å². The topological polar surface area (TPSA) is 96.0 Å². The standard InChI is InChI=1S/C35H37Cl2N3O5S/c1-4-38-35(42)33(22-26-10-7-6-8-11-26)39(23-30-31(36)12-9-13-32(30)37)34(41)24-40(27-16-18-28(19-17-27)45-5-2)46(43,44)29-20-14-25(3)15-21-29/h6-21,33H,4-5,22-24H2,1-3H3,(H,38,42)/t33-/m0/s1. The van der Waals surface area contributed by atoms with E-state index in [1.165, 1.54) is 17.0 Å².